The van der Waals surface area contributed by atoms with Gasteiger partial charge in [-0.15, -0.1) is 0 Å². The smallest absolute Gasteiger partial charge is 0.125 e. The fraction of sp³-hybridized carbons (Fsp3) is 0.500. The zero-order chi connectivity index (χ0) is 12.8. The Balaban J connectivity index is 2.65. The molecule has 0 aromatic heterocycles. The van der Waals surface area contributed by atoms with Crippen LogP contribution in [0.5, 0.6) is 11.5 Å². The molecule has 0 fully saturated rings. The van der Waals surface area contributed by atoms with Crippen LogP contribution >= 0.6 is 0 Å². The van der Waals surface area contributed by atoms with Crippen molar-refractivity contribution in [3.8, 4) is 11.5 Å². The molecule has 17 heavy (non-hydrogen) atoms. The molecule has 0 heterocycles. The van der Waals surface area contributed by atoms with Gasteiger partial charge in [-0.05, 0) is 13.8 Å². The van der Waals surface area contributed by atoms with Crippen molar-refractivity contribution in [2.75, 3.05) is 18.9 Å². The van der Waals surface area contributed by atoms with E-state index in [9.17, 15) is 0 Å². The van der Waals surface area contributed by atoms with E-state index in [-0.39, 0.29) is 13.2 Å². The standard InChI is InChI=1S/C12H19NO4/c1-8(14)6-16-11-3-10(13)4-12(5-11)17-7-9(2)15/h3-5,8-9,14-15H,6-7,13H2,1-2H3. The van der Waals surface area contributed by atoms with Crippen LogP contribution in [0.15, 0.2) is 18.2 Å². The van der Waals surface area contributed by atoms with Crippen molar-refractivity contribution in [2.24, 2.45) is 0 Å². The van der Waals surface area contributed by atoms with E-state index in [1.165, 1.54) is 0 Å². The third-order valence-corrected chi connectivity index (χ3v) is 1.88. The monoisotopic (exact) mass is 241 g/mol. The molecule has 0 aliphatic heterocycles. The summed E-state index contributed by atoms with van der Waals surface area (Å²) in [7, 11) is 0. The number of aliphatic hydroxyl groups excluding tert-OH is 2. The van der Waals surface area contributed by atoms with E-state index in [4.69, 9.17) is 25.4 Å². The maximum absolute atomic E-state index is 9.11. The lowest BCUT2D eigenvalue weighted by Crippen LogP contribution is -2.14. The quantitative estimate of drug-likeness (QED) is 0.641. The first-order valence-corrected chi connectivity index (χ1v) is 5.49. The molecule has 1 aromatic rings. The van der Waals surface area contributed by atoms with Gasteiger partial charge in [0, 0.05) is 23.9 Å². The Morgan fingerprint density at radius 3 is 1.76 bits per heavy atom. The van der Waals surface area contributed by atoms with Gasteiger partial charge in [0.2, 0.25) is 0 Å². The van der Waals surface area contributed by atoms with Crippen LogP contribution in [0.4, 0.5) is 5.69 Å². The average molecular weight is 241 g/mol. The lowest BCUT2D eigenvalue weighted by molar-refractivity contribution is 0.118. The number of benzene rings is 1. The minimum absolute atomic E-state index is 0.194. The van der Waals surface area contributed by atoms with Crippen LogP contribution in [-0.2, 0) is 0 Å². The molecule has 0 amide bonds. The van der Waals surface area contributed by atoms with Crippen molar-refractivity contribution in [1.82, 2.24) is 0 Å². The average Bonchev–Trinajstić information content (AvgIpc) is 2.23. The molecule has 0 aliphatic rings. The van der Waals surface area contributed by atoms with Gasteiger partial charge in [0.1, 0.15) is 24.7 Å². The Morgan fingerprint density at radius 2 is 1.41 bits per heavy atom. The van der Waals surface area contributed by atoms with E-state index >= 15 is 0 Å². The van der Waals surface area contributed by atoms with Crippen LogP contribution in [0.2, 0.25) is 0 Å². The van der Waals surface area contributed by atoms with E-state index in [1.54, 1.807) is 32.0 Å². The molecule has 1 aromatic carbocycles. The Hall–Kier alpha value is -1.46. The Labute approximate surface area is 101 Å². The number of hydrogen-bond acceptors (Lipinski definition) is 5. The zero-order valence-corrected chi connectivity index (χ0v) is 10.1. The third-order valence-electron chi connectivity index (χ3n) is 1.88. The molecule has 0 radical (unpaired) electrons. The van der Waals surface area contributed by atoms with Crippen LogP contribution in [-0.4, -0.2) is 35.6 Å². The number of nitrogens with two attached hydrogens (primary N) is 1. The van der Waals surface area contributed by atoms with E-state index in [1.807, 2.05) is 0 Å². The van der Waals surface area contributed by atoms with E-state index in [0.717, 1.165) is 0 Å². The minimum atomic E-state index is -0.543. The van der Waals surface area contributed by atoms with Crippen molar-refractivity contribution in [3.63, 3.8) is 0 Å². The second-order valence-corrected chi connectivity index (χ2v) is 4.06. The van der Waals surface area contributed by atoms with Crippen LogP contribution in [0.1, 0.15) is 13.8 Å². The predicted molar refractivity (Wildman–Crippen MR) is 65.2 cm³/mol. The number of aliphatic hydroxyl groups is 2. The van der Waals surface area contributed by atoms with Gasteiger partial charge >= 0.3 is 0 Å². The number of ether oxygens (including phenoxy) is 2. The van der Waals surface area contributed by atoms with Gasteiger partial charge in [0.25, 0.3) is 0 Å². The summed E-state index contributed by atoms with van der Waals surface area (Å²) < 4.78 is 10.6. The lowest BCUT2D eigenvalue weighted by Gasteiger charge is -2.12. The van der Waals surface area contributed by atoms with Crippen molar-refractivity contribution < 1.29 is 19.7 Å². The molecule has 5 nitrogen and oxygen atoms in total. The van der Waals surface area contributed by atoms with E-state index in [0.29, 0.717) is 17.2 Å². The van der Waals surface area contributed by atoms with Crippen molar-refractivity contribution in [1.29, 1.82) is 0 Å². The second-order valence-electron chi connectivity index (χ2n) is 4.06. The van der Waals surface area contributed by atoms with Crippen molar-refractivity contribution in [3.05, 3.63) is 18.2 Å². The molecule has 96 valence electrons. The highest BCUT2D eigenvalue weighted by molar-refractivity contribution is 5.50. The fourth-order valence-corrected chi connectivity index (χ4v) is 1.19. The molecular formula is C12H19NO4. The highest BCUT2D eigenvalue weighted by Gasteiger charge is 2.04. The summed E-state index contributed by atoms with van der Waals surface area (Å²) in [6, 6.07) is 4.97. The highest BCUT2D eigenvalue weighted by atomic mass is 16.5. The van der Waals surface area contributed by atoms with Crippen LogP contribution in [0.3, 0.4) is 0 Å². The third kappa shape index (κ3) is 5.42. The van der Waals surface area contributed by atoms with Gasteiger partial charge < -0.3 is 25.4 Å². The molecule has 4 N–H and O–H groups in total. The summed E-state index contributed by atoms with van der Waals surface area (Å²) in [6.45, 7) is 3.66. The maximum atomic E-state index is 9.11. The molecule has 0 bridgehead atoms. The molecule has 2 unspecified atom stereocenters. The molecule has 1 rings (SSSR count). The van der Waals surface area contributed by atoms with Gasteiger partial charge in [0.05, 0.1) is 12.2 Å². The summed E-state index contributed by atoms with van der Waals surface area (Å²) in [5, 5.41) is 18.2. The highest BCUT2D eigenvalue weighted by Crippen LogP contribution is 2.24. The SMILES string of the molecule is CC(O)COc1cc(N)cc(OCC(C)O)c1. The van der Waals surface area contributed by atoms with Crippen molar-refractivity contribution >= 4 is 5.69 Å². The number of nitrogen functional groups attached to an aromatic ring is 1. The molecule has 0 saturated carbocycles. The Kier molecular flexibility index (Phi) is 5.06. The molecular weight excluding hydrogens is 222 g/mol. The van der Waals surface area contributed by atoms with E-state index in [2.05, 4.69) is 0 Å². The summed E-state index contributed by atoms with van der Waals surface area (Å²) in [4.78, 5) is 0. The maximum Gasteiger partial charge on any atom is 0.125 e. The Bertz CT molecular complexity index is 322. The molecule has 0 saturated heterocycles. The zero-order valence-electron chi connectivity index (χ0n) is 10.1. The first-order valence-electron chi connectivity index (χ1n) is 5.49. The predicted octanol–water partition coefficient (Wildman–Crippen LogP) is 0.788. The molecule has 0 aliphatic carbocycles. The summed E-state index contributed by atoms with van der Waals surface area (Å²) in [6.07, 6.45) is -1.09. The fourth-order valence-electron chi connectivity index (χ4n) is 1.19. The number of anilines is 1. The Morgan fingerprint density at radius 1 is 1.00 bits per heavy atom. The number of hydrogen-bond donors (Lipinski definition) is 3. The van der Waals surface area contributed by atoms with Gasteiger partial charge in [-0.3, -0.25) is 0 Å². The topological polar surface area (TPSA) is 84.9 Å². The molecule has 5 heteroatoms. The first kappa shape index (κ1) is 13.6. The largest absolute Gasteiger partial charge is 0.491 e. The second kappa shape index (κ2) is 6.32. The van der Waals surface area contributed by atoms with Crippen LogP contribution < -0.4 is 15.2 Å². The normalized spacial score (nSPS) is 14.1. The van der Waals surface area contributed by atoms with Crippen LogP contribution in [0, 0.1) is 0 Å². The first-order chi connectivity index (χ1) is 7.97. The minimum Gasteiger partial charge on any atom is -0.491 e. The van der Waals surface area contributed by atoms with Gasteiger partial charge in [-0.1, -0.05) is 0 Å². The molecule has 2 atom stereocenters. The van der Waals surface area contributed by atoms with Gasteiger partial charge in [-0.25, -0.2) is 0 Å². The summed E-state index contributed by atoms with van der Waals surface area (Å²) in [5.74, 6) is 1.07. The summed E-state index contributed by atoms with van der Waals surface area (Å²) >= 11 is 0. The lowest BCUT2D eigenvalue weighted by atomic mass is 10.3. The van der Waals surface area contributed by atoms with E-state index < -0.39 is 12.2 Å². The van der Waals surface area contributed by atoms with Crippen molar-refractivity contribution in [2.45, 2.75) is 26.1 Å². The van der Waals surface area contributed by atoms with Gasteiger partial charge in [0.15, 0.2) is 0 Å². The van der Waals surface area contributed by atoms with Crippen LogP contribution in [0.25, 0.3) is 0 Å². The number of rotatable bonds is 6. The molecule has 0 spiro atoms. The summed E-state index contributed by atoms with van der Waals surface area (Å²) in [5.41, 5.74) is 6.20. The van der Waals surface area contributed by atoms with Gasteiger partial charge in [-0.2, -0.15) is 0 Å².